The van der Waals surface area contributed by atoms with E-state index in [1.54, 1.807) is 6.20 Å². The molecule has 6 nitrogen and oxygen atoms in total. The zero-order chi connectivity index (χ0) is 15.6. The Balaban J connectivity index is 1.67. The minimum absolute atomic E-state index is 0.0186. The molecule has 1 unspecified atom stereocenters. The van der Waals surface area contributed by atoms with E-state index in [0.717, 1.165) is 5.82 Å². The molecule has 7 heteroatoms. The second-order valence-corrected chi connectivity index (χ2v) is 8.62. The van der Waals surface area contributed by atoms with Gasteiger partial charge in [-0.2, -0.15) is 4.98 Å². The van der Waals surface area contributed by atoms with Crippen molar-refractivity contribution >= 4 is 21.6 Å². The van der Waals surface area contributed by atoms with Gasteiger partial charge >= 0.3 is 0 Å². The molecule has 1 atom stereocenters. The Labute approximate surface area is 132 Å². The van der Waals surface area contributed by atoms with Crippen molar-refractivity contribution in [3.8, 4) is 0 Å². The summed E-state index contributed by atoms with van der Waals surface area (Å²) in [6, 6.07) is 2.36. The molecular formula is C15H24N4O2S. The maximum atomic E-state index is 11.6. The quantitative estimate of drug-likeness (QED) is 0.911. The van der Waals surface area contributed by atoms with E-state index in [9.17, 15) is 8.42 Å². The van der Waals surface area contributed by atoms with Crippen molar-refractivity contribution in [2.75, 3.05) is 28.8 Å². The third kappa shape index (κ3) is 3.69. The van der Waals surface area contributed by atoms with Crippen molar-refractivity contribution in [1.29, 1.82) is 0 Å². The van der Waals surface area contributed by atoms with Crippen LogP contribution in [-0.2, 0) is 9.84 Å². The van der Waals surface area contributed by atoms with Crippen LogP contribution in [-0.4, -0.2) is 49.0 Å². The van der Waals surface area contributed by atoms with Crippen molar-refractivity contribution in [1.82, 2.24) is 9.97 Å². The number of anilines is 2. The van der Waals surface area contributed by atoms with Crippen LogP contribution in [0.2, 0.25) is 0 Å². The van der Waals surface area contributed by atoms with Crippen molar-refractivity contribution in [2.45, 2.75) is 50.6 Å². The van der Waals surface area contributed by atoms with E-state index in [0.29, 0.717) is 18.4 Å². The maximum Gasteiger partial charge on any atom is 0.227 e. The molecule has 0 spiro atoms. The van der Waals surface area contributed by atoms with Crippen LogP contribution >= 0.6 is 0 Å². The summed E-state index contributed by atoms with van der Waals surface area (Å²) in [6.45, 7) is 0. The smallest absolute Gasteiger partial charge is 0.227 e. The SMILES string of the molecule is CN(c1nccc(NC2CCCCC2)n1)C1CCS(=O)(=O)C1. The topological polar surface area (TPSA) is 75.2 Å². The summed E-state index contributed by atoms with van der Waals surface area (Å²) >= 11 is 0. The fourth-order valence-electron chi connectivity index (χ4n) is 3.30. The first-order valence-electron chi connectivity index (χ1n) is 8.06. The Morgan fingerprint density at radius 3 is 2.68 bits per heavy atom. The van der Waals surface area contributed by atoms with Gasteiger partial charge in [-0.1, -0.05) is 19.3 Å². The van der Waals surface area contributed by atoms with Crippen LogP contribution in [0.5, 0.6) is 0 Å². The highest BCUT2D eigenvalue weighted by atomic mass is 32.2. The zero-order valence-electron chi connectivity index (χ0n) is 13.0. The fraction of sp³-hybridized carbons (Fsp3) is 0.733. The van der Waals surface area contributed by atoms with Gasteiger partial charge in [0.05, 0.1) is 11.5 Å². The van der Waals surface area contributed by atoms with Crippen LogP contribution in [0.15, 0.2) is 12.3 Å². The number of aromatic nitrogens is 2. The third-order valence-corrected chi connectivity index (χ3v) is 6.42. The summed E-state index contributed by atoms with van der Waals surface area (Å²) in [5.74, 6) is 1.90. The number of nitrogens with one attached hydrogen (secondary N) is 1. The van der Waals surface area contributed by atoms with Crippen LogP contribution in [0, 0.1) is 0 Å². The number of hydrogen-bond acceptors (Lipinski definition) is 6. The molecule has 0 amide bonds. The highest BCUT2D eigenvalue weighted by Crippen LogP contribution is 2.23. The second-order valence-electron chi connectivity index (χ2n) is 6.39. The van der Waals surface area contributed by atoms with E-state index in [4.69, 9.17) is 0 Å². The Morgan fingerprint density at radius 2 is 2.00 bits per heavy atom. The third-order valence-electron chi connectivity index (χ3n) is 4.67. The van der Waals surface area contributed by atoms with Crippen LogP contribution < -0.4 is 10.2 Å². The lowest BCUT2D eigenvalue weighted by Gasteiger charge is -2.25. The standard InChI is InChI=1S/C15H24N4O2S/c1-19(13-8-10-22(20,21)11-13)15-16-9-7-14(18-15)17-12-5-3-2-4-6-12/h7,9,12-13H,2-6,8,10-11H2,1H3,(H,16,17,18). The van der Waals surface area contributed by atoms with E-state index in [1.807, 2.05) is 18.0 Å². The van der Waals surface area contributed by atoms with Gasteiger partial charge in [-0.05, 0) is 25.3 Å². The fourth-order valence-corrected chi connectivity index (χ4v) is 5.07. The minimum Gasteiger partial charge on any atom is -0.367 e. The number of nitrogens with zero attached hydrogens (tertiary/aromatic N) is 3. The molecule has 2 fully saturated rings. The molecule has 1 aliphatic heterocycles. The first-order chi connectivity index (χ1) is 10.5. The molecule has 22 heavy (non-hydrogen) atoms. The largest absolute Gasteiger partial charge is 0.367 e. The van der Waals surface area contributed by atoms with Gasteiger partial charge in [0.15, 0.2) is 9.84 Å². The van der Waals surface area contributed by atoms with E-state index < -0.39 is 9.84 Å². The second kappa shape index (κ2) is 6.40. The lowest BCUT2D eigenvalue weighted by Crippen LogP contribution is -2.34. The van der Waals surface area contributed by atoms with Gasteiger partial charge < -0.3 is 10.2 Å². The van der Waals surface area contributed by atoms with Gasteiger partial charge in [-0.25, -0.2) is 13.4 Å². The average molecular weight is 324 g/mol. The van der Waals surface area contributed by atoms with Crippen LogP contribution in [0.25, 0.3) is 0 Å². The van der Waals surface area contributed by atoms with Gasteiger partial charge in [-0.3, -0.25) is 0 Å². The van der Waals surface area contributed by atoms with Crippen LogP contribution in [0.4, 0.5) is 11.8 Å². The molecule has 1 N–H and O–H groups in total. The lowest BCUT2D eigenvalue weighted by molar-refractivity contribution is 0.462. The summed E-state index contributed by atoms with van der Waals surface area (Å²) < 4.78 is 23.3. The summed E-state index contributed by atoms with van der Waals surface area (Å²) in [5, 5.41) is 3.49. The Kier molecular flexibility index (Phi) is 4.52. The molecule has 1 saturated heterocycles. The normalized spacial score (nSPS) is 25.0. The van der Waals surface area contributed by atoms with Crippen molar-refractivity contribution < 1.29 is 8.42 Å². The molecule has 0 bridgehead atoms. The van der Waals surface area contributed by atoms with Crippen LogP contribution in [0.1, 0.15) is 38.5 Å². The monoisotopic (exact) mass is 324 g/mol. The maximum absolute atomic E-state index is 11.6. The molecule has 1 saturated carbocycles. The Morgan fingerprint density at radius 1 is 1.23 bits per heavy atom. The molecule has 122 valence electrons. The van der Waals surface area contributed by atoms with E-state index in [-0.39, 0.29) is 17.5 Å². The average Bonchev–Trinajstić information content (AvgIpc) is 2.88. The first-order valence-corrected chi connectivity index (χ1v) is 9.88. The van der Waals surface area contributed by atoms with Gasteiger partial charge in [0.1, 0.15) is 5.82 Å². The van der Waals surface area contributed by atoms with E-state index in [1.165, 1.54) is 32.1 Å². The van der Waals surface area contributed by atoms with E-state index in [2.05, 4.69) is 15.3 Å². The predicted octanol–water partition coefficient (Wildman–Crippen LogP) is 1.84. The molecule has 1 aromatic rings. The summed E-state index contributed by atoms with van der Waals surface area (Å²) in [6.07, 6.45) is 8.65. The zero-order valence-corrected chi connectivity index (χ0v) is 13.8. The van der Waals surface area contributed by atoms with E-state index >= 15 is 0 Å². The Hall–Kier alpha value is -1.37. The number of hydrogen-bond donors (Lipinski definition) is 1. The molecule has 2 heterocycles. The lowest BCUT2D eigenvalue weighted by atomic mass is 9.95. The van der Waals surface area contributed by atoms with Gasteiger partial charge in [0.25, 0.3) is 0 Å². The Bertz CT molecular complexity index is 614. The van der Waals surface area contributed by atoms with Crippen molar-refractivity contribution in [3.63, 3.8) is 0 Å². The number of rotatable bonds is 4. The van der Waals surface area contributed by atoms with Gasteiger partial charge in [0, 0.05) is 25.3 Å². The van der Waals surface area contributed by atoms with Gasteiger partial charge in [-0.15, -0.1) is 0 Å². The highest BCUT2D eigenvalue weighted by Gasteiger charge is 2.31. The van der Waals surface area contributed by atoms with Crippen LogP contribution in [0.3, 0.4) is 0 Å². The molecule has 0 radical (unpaired) electrons. The highest BCUT2D eigenvalue weighted by molar-refractivity contribution is 7.91. The van der Waals surface area contributed by atoms with Crippen molar-refractivity contribution in [3.05, 3.63) is 12.3 Å². The molecule has 0 aromatic carbocycles. The first kappa shape index (κ1) is 15.5. The predicted molar refractivity (Wildman–Crippen MR) is 88.0 cm³/mol. The number of sulfone groups is 1. The van der Waals surface area contributed by atoms with Gasteiger partial charge in [0.2, 0.25) is 5.95 Å². The molecule has 2 aliphatic rings. The minimum atomic E-state index is -2.89. The molecule has 1 aliphatic carbocycles. The summed E-state index contributed by atoms with van der Waals surface area (Å²) in [5.41, 5.74) is 0. The molecule has 1 aromatic heterocycles. The summed E-state index contributed by atoms with van der Waals surface area (Å²) in [7, 11) is -1.01. The summed E-state index contributed by atoms with van der Waals surface area (Å²) in [4.78, 5) is 10.8. The molecular weight excluding hydrogens is 300 g/mol. The molecule has 3 rings (SSSR count). The van der Waals surface area contributed by atoms with Crippen molar-refractivity contribution in [2.24, 2.45) is 0 Å².